The van der Waals surface area contributed by atoms with Crippen LogP contribution >= 0.6 is 0 Å². The highest BCUT2D eigenvalue weighted by molar-refractivity contribution is 5.87. The molecule has 2 aliphatic rings. The molecule has 14 heteroatoms. The molecular weight excluding hydrogens is 737 g/mol. The summed E-state index contributed by atoms with van der Waals surface area (Å²) in [5, 5.41) is 5.55. The van der Waals surface area contributed by atoms with Crippen molar-refractivity contribution in [2.75, 3.05) is 13.1 Å². The van der Waals surface area contributed by atoms with E-state index in [0.29, 0.717) is 36.1 Å². The molecule has 3 aromatic rings. The molecule has 58 heavy (non-hydrogen) atoms. The first kappa shape index (κ1) is 43.4. The summed E-state index contributed by atoms with van der Waals surface area (Å²) in [5.74, 6) is 13.3. The first-order chi connectivity index (χ1) is 27.3. The summed E-state index contributed by atoms with van der Waals surface area (Å²) < 4.78 is 10.8. The monoisotopic (exact) mass is 794 g/mol. The van der Waals surface area contributed by atoms with Gasteiger partial charge < -0.3 is 39.9 Å². The number of H-pyrrole nitrogens is 2. The van der Waals surface area contributed by atoms with Crippen molar-refractivity contribution >= 4 is 24.0 Å². The topological polar surface area (TPSA) is 175 Å². The van der Waals surface area contributed by atoms with Gasteiger partial charge in [-0.25, -0.2) is 19.6 Å². The first-order valence-electron chi connectivity index (χ1n) is 20.1. The van der Waals surface area contributed by atoms with E-state index in [4.69, 9.17) is 9.47 Å². The molecule has 0 saturated carbocycles. The second-order valence-electron chi connectivity index (χ2n) is 17.6. The van der Waals surface area contributed by atoms with E-state index in [2.05, 4.69) is 54.3 Å². The van der Waals surface area contributed by atoms with Crippen LogP contribution in [0.2, 0.25) is 0 Å². The zero-order valence-corrected chi connectivity index (χ0v) is 35.4. The number of benzene rings is 1. The number of aromatic nitrogens is 4. The Labute approximate surface area is 342 Å². The van der Waals surface area contributed by atoms with Crippen LogP contribution in [0.15, 0.2) is 36.7 Å². The molecule has 14 nitrogen and oxygen atoms in total. The van der Waals surface area contributed by atoms with Gasteiger partial charge in [-0.1, -0.05) is 39.5 Å². The lowest BCUT2D eigenvalue weighted by atomic mass is 10.0. The minimum atomic E-state index is -0.727. The van der Waals surface area contributed by atoms with Crippen LogP contribution in [0, 0.1) is 35.5 Å². The highest BCUT2D eigenvalue weighted by Gasteiger charge is 2.39. The standard InChI is InChI=1S/C44H58N8O6/c1-27(2)35(49-41(55)57-43(5,6)7)39(53)51-23-11-13-33(51)37-45-25-31(47-37)21-19-29-15-17-30(18-16-29)20-22-32-26-46-38(48-32)34-14-12-24-52(34)40(54)36(28(3)4)50-42(56)58-44(8,9)10/h15-18,25-28,33-36H,11-14,23-24H2,1-10H3,(H,45,47)(H,46,48)(H,49,55)(H,50,56). The van der Waals surface area contributed by atoms with E-state index in [1.54, 1.807) is 63.7 Å². The molecule has 0 bridgehead atoms. The molecule has 0 aliphatic carbocycles. The number of alkyl carbamates (subject to hydrolysis) is 2. The molecule has 2 aliphatic heterocycles. The summed E-state index contributed by atoms with van der Waals surface area (Å²) in [6, 6.07) is 5.62. The third-order valence-corrected chi connectivity index (χ3v) is 9.67. The maximum Gasteiger partial charge on any atom is 0.408 e. The molecule has 0 spiro atoms. The van der Waals surface area contributed by atoms with Crippen LogP contribution in [0.3, 0.4) is 0 Å². The molecule has 310 valence electrons. The van der Waals surface area contributed by atoms with E-state index < -0.39 is 35.5 Å². The number of hydrogen-bond donors (Lipinski definition) is 4. The van der Waals surface area contributed by atoms with Crippen molar-refractivity contribution in [1.82, 2.24) is 40.4 Å². The van der Waals surface area contributed by atoms with Gasteiger partial charge in [-0.05, 0) is 115 Å². The molecule has 2 aromatic heterocycles. The lowest BCUT2D eigenvalue weighted by Crippen LogP contribution is -2.52. The molecule has 5 rings (SSSR count). The molecule has 4 amide bonds. The lowest BCUT2D eigenvalue weighted by Gasteiger charge is -2.31. The van der Waals surface area contributed by atoms with Gasteiger partial charge in [0.2, 0.25) is 11.8 Å². The van der Waals surface area contributed by atoms with Crippen molar-refractivity contribution in [3.05, 3.63) is 70.8 Å². The van der Waals surface area contributed by atoms with Gasteiger partial charge >= 0.3 is 12.2 Å². The van der Waals surface area contributed by atoms with Crippen LogP contribution < -0.4 is 10.6 Å². The fraction of sp³-hybridized carbons (Fsp3) is 0.545. The number of nitrogens with one attached hydrogen (secondary N) is 4. The minimum absolute atomic E-state index is 0.136. The smallest absolute Gasteiger partial charge is 0.408 e. The summed E-state index contributed by atoms with van der Waals surface area (Å²) in [6.45, 7) is 19.4. The predicted octanol–water partition coefficient (Wildman–Crippen LogP) is 6.36. The van der Waals surface area contributed by atoms with Crippen molar-refractivity contribution in [3.63, 3.8) is 0 Å². The summed E-state index contributed by atoms with van der Waals surface area (Å²) in [6.07, 6.45) is 5.25. The normalized spacial score (nSPS) is 17.9. The molecule has 4 atom stereocenters. The average Bonchev–Trinajstić information content (AvgIpc) is 3.96. The Bertz CT molecular complexity index is 1920. The Balaban J connectivity index is 1.19. The number of imidazole rings is 2. The number of rotatable bonds is 8. The van der Waals surface area contributed by atoms with E-state index >= 15 is 0 Å². The summed E-state index contributed by atoms with van der Waals surface area (Å²) in [7, 11) is 0. The number of likely N-dealkylation sites (tertiary alicyclic amines) is 2. The fourth-order valence-corrected chi connectivity index (χ4v) is 6.94. The lowest BCUT2D eigenvalue weighted by molar-refractivity contribution is -0.136. The van der Waals surface area contributed by atoms with E-state index in [1.165, 1.54) is 0 Å². The molecule has 4 N–H and O–H groups in total. The van der Waals surface area contributed by atoms with Gasteiger partial charge in [-0.2, -0.15) is 0 Å². The van der Waals surface area contributed by atoms with E-state index in [0.717, 1.165) is 36.8 Å². The van der Waals surface area contributed by atoms with Gasteiger partial charge in [0.1, 0.15) is 46.3 Å². The molecular formula is C44H58N8O6. The van der Waals surface area contributed by atoms with Crippen molar-refractivity contribution in [1.29, 1.82) is 0 Å². The largest absolute Gasteiger partial charge is 0.444 e. The number of carbonyl (C=O) groups is 4. The second kappa shape index (κ2) is 18.2. The van der Waals surface area contributed by atoms with Crippen LogP contribution in [-0.2, 0) is 19.1 Å². The molecule has 1 aromatic carbocycles. The zero-order valence-electron chi connectivity index (χ0n) is 35.4. The van der Waals surface area contributed by atoms with Crippen molar-refractivity contribution < 1.29 is 28.7 Å². The number of aromatic amines is 2. The van der Waals surface area contributed by atoms with Crippen LogP contribution in [0.4, 0.5) is 9.59 Å². The molecule has 0 radical (unpaired) electrons. The Kier molecular flexibility index (Phi) is 13.6. The Morgan fingerprint density at radius 3 is 1.34 bits per heavy atom. The van der Waals surface area contributed by atoms with E-state index in [-0.39, 0.29) is 35.7 Å². The van der Waals surface area contributed by atoms with Crippen molar-refractivity contribution in [3.8, 4) is 23.7 Å². The number of amides is 4. The zero-order chi connectivity index (χ0) is 42.4. The summed E-state index contributed by atoms with van der Waals surface area (Å²) in [4.78, 5) is 71.7. The highest BCUT2D eigenvalue weighted by Crippen LogP contribution is 2.33. The molecule has 2 saturated heterocycles. The van der Waals surface area contributed by atoms with E-state index in [1.807, 2.05) is 52.0 Å². The number of ether oxygens (including phenoxy) is 2. The quantitative estimate of drug-likeness (QED) is 0.191. The minimum Gasteiger partial charge on any atom is -0.444 e. The van der Waals surface area contributed by atoms with E-state index in [9.17, 15) is 19.2 Å². The summed E-state index contributed by atoms with van der Waals surface area (Å²) in [5.41, 5.74) is 1.50. The number of nitrogens with zero attached hydrogens (tertiary/aromatic N) is 4. The third-order valence-electron chi connectivity index (χ3n) is 9.67. The third kappa shape index (κ3) is 11.7. The SMILES string of the molecule is CC(C)C(NC(=O)OC(C)(C)C)C(=O)N1CCCC1c1ncc(C#Cc2ccc(C#Cc3cnc(C4CCCN4C(=O)C(NC(=O)OC(C)(C)C)C(C)C)[nH]3)cc2)[nH]1. The fourth-order valence-electron chi connectivity index (χ4n) is 6.94. The van der Waals surface area contributed by atoms with Crippen LogP contribution in [0.1, 0.15) is 141 Å². The average molecular weight is 795 g/mol. The molecule has 4 unspecified atom stereocenters. The highest BCUT2D eigenvalue weighted by atomic mass is 16.6. The predicted molar refractivity (Wildman–Crippen MR) is 219 cm³/mol. The molecule has 4 heterocycles. The van der Waals surface area contributed by atoms with Crippen molar-refractivity contribution in [2.24, 2.45) is 11.8 Å². The summed E-state index contributed by atoms with van der Waals surface area (Å²) >= 11 is 0. The Hall–Kier alpha value is -5.76. The maximum atomic E-state index is 13.7. The number of hydrogen-bond acceptors (Lipinski definition) is 8. The number of carbonyl (C=O) groups excluding carboxylic acids is 4. The van der Waals surface area contributed by atoms with Gasteiger partial charge in [0.05, 0.1) is 24.5 Å². The van der Waals surface area contributed by atoms with Gasteiger partial charge in [-0.3, -0.25) is 9.59 Å². The Morgan fingerprint density at radius 1 is 0.655 bits per heavy atom. The Morgan fingerprint density at radius 2 is 1.02 bits per heavy atom. The van der Waals surface area contributed by atoms with Crippen LogP contribution in [0.5, 0.6) is 0 Å². The van der Waals surface area contributed by atoms with Gasteiger partial charge in [0.15, 0.2) is 0 Å². The van der Waals surface area contributed by atoms with Gasteiger partial charge in [0, 0.05) is 24.2 Å². The maximum absolute atomic E-state index is 13.7. The van der Waals surface area contributed by atoms with Gasteiger partial charge in [0.25, 0.3) is 0 Å². The van der Waals surface area contributed by atoms with Gasteiger partial charge in [-0.15, -0.1) is 0 Å². The van der Waals surface area contributed by atoms with Crippen LogP contribution in [0.25, 0.3) is 0 Å². The van der Waals surface area contributed by atoms with Crippen LogP contribution in [-0.4, -0.2) is 90.1 Å². The first-order valence-corrected chi connectivity index (χ1v) is 20.1. The van der Waals surface area contributed by atoms with Crippen molar-refractivity contribution in [2.45, 2.75) is 130 Å². The molecule has 2 fully saturated rings. The second-order valence-corrected chi connectivity index (χ2v) is 17.6.